The molecule has 0 aliphatic carbocycles. The van der Waals surface area contributed by atoms with Crippen LogP contribution in [0, 0.1) is 5.41 Å². The molecule has 0 radical (unpaired) electrons. The van der Waals surface area contributed by atoms with Crippen LogP contribution in [0.15, 0.2) is 24.3 Å². The van der Waals surface area contributed by atoms with Crippen LogP contribution < -0.4 is 5.32 Å². The minimum Gasteiger partial charge on any atom is -0.355 e. The Bertz CT molecular complexity index is 674. The van der Waals surface area contributed by atoms with Crippen molar-refractivity contribution in [3.05, 3.63) is 35.4 Å². The van der Waals surface area contributed by atoms with Gasteiger partial charge in [-0.2, -0.15) is 4.31 Å². The van der Waals surface area contributed by atoms with Gasteiger partial charge in [-0.25, -0.2) is 8.42 Å². The number of nitrogens with zero attached hydrogens (tertiary/aromatic N) is 1. The molecular formula is C16H23ClN2O3S. The van der Waals surface area contributed by atoms with Crippen LogP contribution in [0.3, 0.4) is 0 Å². The number of benzene rings is 1. The first-order valence-electron chi connectivity index (χ1n) is 7.65. The van der Waals surface area contributed by atoms with E-state index in [2.05, 4.69) is 5.32 Å². The predicted octanol–water partition coefficient (Wildman–Crippen LogP) is 1.76. The van der Waals surface area contributed by atoms with Gasteiger partial charge in [0.15, 0.2) is 0 Å². The molecule has 0 saturated heterocycles. The van der Waals surface area contributed by atoms with E-state index >= 15 is 0 Å². The van der Waals surface area contributed by atoms with Gasteiger partial charge in [0.1, 0.15) is 0 Å². The standard InChI is InChI=1S/C16H23ClN2O3S/c1-16(2,12-17)15(20)18-8-10-23(21,22)19-9-7-13-5-3-4-6-14(13)11-19/h3-6H,7-12H2,1-2H3,(H,18,20). The van der Waals surface area contributed by atoms with Crippen LogP contribution in [0.5, 0.6) is 0 Å². The Labute approximate surface area is 143 Å². The SMILES string of the molecule is CC(C)(CCl)C(=O)NCCS(=O)(=O)N1CCc2ccccc2C1. The lowest BCUT2D eigenvalue weighted by Crippen LogP contribution is -2.43. The molecule has 0 bridgehead atoms. The Morgan fingerprint density at radius 3 is 2.61 bits per heavy atom. The zero-order valence-corrected chi connectivity index (χ0v) is 15.1. The van der Waals surface area contributed by atoms with Gasteiger partial charge in [0.2, 0.25) is 15.9 Å². The summed E-state index contributed by atoms with van der Waals surface area (Å²) in [5.74, 6) is -0.139. The van der Waals surface area contributed by atoms with Crippen LogP contribution in [0.4, 0.5) is 0 Å². The van der Waals surface area contributed by atoms with Crippen molar-refractivity contribution >= 4 is 27.5 Å². The van der Waals surface area contributed by atoms with E-state index < -0.39 is 15.4 Å². The number of halogens is 1. The number of amides is 1. The maximum Gasteiger partial charge on any atom is 0.226 e. The summed E-state index contributed by atoms with van der Waals surface area (Å²) in [5.41, 5.74) is 1.56. The van der Waals surface area contributed by atoms with Gasteiger partial charge in [0.05, 0.1) is 11.2 Å². The van der Waals surface area contributed by atoms with E-state index in [0.717, 1.165) is 12.0 Å². The van der Waals surface area contributed by atoms with Gasteiger partial charge in [-0.3, -0.25) is 4.79 Å². The van der Waals surface area contributed by atoms with Crippen LogP contribution in [-0.4, -0.2) is 43.4 Å². The summed E-state index contributed by atoms with van der Waals surface area (Å²) < 4.78 is 26.4. The first kappa shape index (κ1) is 18.2. The highest BCUT2D eigenvalue weighted by Crippen LogP contribution is 2.21. The van der Waals surface area contributed by atoms with Crippen molar-refractivity contribution in [2.75, 3.05) is 24.7 Å². The number of nitrogens with one attached hydrogen (secondary N) is 1. The van der Waals surface area contributed by atoms with Gasteiger partial charge in [-0.05, 0) is 31.4 Å². The Hall–Kier alpha value is -1.11. The Morgan fingerprint density at radius 1 is 1.30 bits per heavy atom. The minimum absolute atomic E-state index is 0.0969. The highest BCUT2D eigenvalue weighted by molar-refractivity contribution is 7.89. The fraction of sp³-hybridized carbons (Fsp3) is 0.562. The van der Waals surface area contributed by atoms with E-state index in [1.54, 1.807) is 13.8 Å². The lowest BCUT2D eigenvalue weighted by molar-refractivity contribution is -0.128. The second-order valence-corrected chi connectivity index (χ2v) is 8.80. The number of sulfonamides is 1. The highest BCUT2D eigenvalue weighted by atomic mass is 35.5. The fourth-order valence-corrected chi connectivity index (χ4v) is 3.87. The smallest absolute Gasteiger partial charge is 0.226 e. The summed E-state index contributed by atoms with van der Waals surface area (Å²) in [4.78, 5) is 11.9. The molecule has 0 aromatic heterocycles. The Kier molecular flexibility index (Phi) is 5.70. The van der Waals surface area contributed by atoms with Crippen LogP contribution in [-0.2, 0) is 27.8 Å². The molecule has 7 heteroatoms. The van der Waals surface area contributed by atoms with E-state index in [1.165, 1.54) is 9.87 Å². The lowest BCUT2D eigenvalue weighted by Gasteiger charge is -2.28. The van der Waals surface area contributed by atoms with Crippen molar-refractivity contribution in [2.45, 2.75) is 26.8 Å². The zero-order chi connectivity index (χ0) is 17.1. The molecule has 23 heavy (non-hydrogen) atoms. The number of hydrogen-bond donors (Lipinski definition) is 1. The molecule has 1 N–H and O–H groups in total. The van der Waals surface area contributed by atoms with Gasteiger partial charge in [-0.15, -0.1) is 11.6 Å². The second kappa shape index (κ2) is 7.20. The molecule has 2 rings (SSSR count). The van der Waals surface area contributed by atoms with Gasteiger partial charge < -0.3 is 5.32 Å². The average Bonchev–Trinajstić information content (AvgIpc) is 2.54. The first-order chi connectivity index (χ1) is 10.8. The highest BCUT2D eigenvalue weighted by Gasteiger charge is 2.29. The minimum atomic E-state index is -3.39. The van der Waals surface area contributed by atoms with Crippen LogP contribution in [0.25, 0.3) is 0 Å². The third kappa shape index (κ3) is 4.46. The van der Waals surface area contributed by atoms with Crippen LogP contribution in [0.1, 0.15) is 25.0 Å². The molecular weight excluding hydrogens is 336 g/mol. The summed E-state index contributed by atoms with van der Waals surface area (Å²) in [5, 5.41) is 2.66. The number of fused-ring (bicyclic) bond motifs is 1. The molecule has 0 spiro atoms. The Balaban J connectivity index is 1.92. The zero-order valence-electron chi connectivity index (χ0n) is 13.5. The predicted molar refractivity (Wildman–Crippen MR) is 91.9 cm³/mol. The average molecular weight is 359 g/mol. The summed E-state index contributed by atoms with van der Waals surface area (Å²) in [6, 6.07) is 7.89. The number of hydrogen-bond acceptors (Lipinski definition) is 3. The van der Waals surface area contributed by atoms with Gasteiger partial charge in [-0.1, -0.05) is 24.3 Å². The van der Waals surface area contributed by atoms with Crippen molar-refractivity contribution in [1.82, 2.24) is 9.62 Å². The van der Waals surface area contributed by atoms with E-state index in [9.17, 15) is 13.2 Å². The monoisotopic (exact) mass is 358 g/mol. The van der Waals surface area contributed by atoms with E-state index in [4.69, 9.17) is 11.6 Å². The van der Waals surface area contributed by atoms with Gasteiger partial charge >= 0.3 is 0 Å². The van der Waals surface area contributed by atoms with E-state index in [-0.39, 0.29) is 24.1 Å². The summed E-state index contributed by atoms with van der Waals surface area (Å²) in [6.45, 7) is 4.44. The number of carbonyl (C=O) groups excluding carboxylic acids is 1. The normalized spacial score (nSPS) is 16.0. The topological polar surface area (TPSA) is 66.5 Å². The molecule has 5 nitrogen and oxygen atoms in total. The Morgan fingerprint density at radius 2 is 1.96 bits per heavy atom. The maximum absolute atomic E-state index is 12.4. The lowest BCUT2D eigenvalue weighted by atomic mass is 9.95. The van der Waals surface area contributed by atoms with Crippen molar-refractivity contribution < 1.29 is 13.2 Å². The van der Waals surface area contributed by atoms with E-state index in [1.807, 2.05) is 24.3 Å². The third-order valence-corrected chi connectivity index (χ3v) is 6.57. The largest absolute Gasteiger partial charge is 0.355 e. The number of alkyl halides is 1. The van der Waals surface area contributed by atoms with Crippen molar-refractivity contribution in [3.8, 4) is 0 Å². The second-order valence-electron chi connectivity index (χ2n) is 6.44. The first-order valence-corrected chi connectivity index (χ1v) is 9.79. The van der Waals surface area contributed by atoms with Crippen LogP contribution in [0.2, 0.25) is 0 Å². The van der Waals surface area contributed by atoms with Crippen LogP contribution >= 0.6 is 11.6 Å². The molecule has 0 fully saturated rings. The molecule has 0 saturated carbocycles. The van der Waals surface area contributed by atoms with E-state index in [0.29, 0.717) is 13.1 Å². The van der Waals surface area contributed by atoms with Crippen molar-refractivity contribution in [3.63, 3.8) is 0 Å². The molecule has 0 unspecified atom stereocenters. The molecule has 1 aromatic rings. The van der Waals surface area contributed by atoms with Gasteiger partial charge in [0.25, 0.3) is 0 Å². The molecule has 128 valence electrons. The molecule has 1 amide bonds. The number of carbonyl (C=O) groups is 1. The maximum atomic E-state index is 12.4. The molecule has 1 aromatic carbocycles. The van der Waals surface area contributed by atoms with Crippen molar-refractivity contribution in [2.24, 2.45) is 5.41 Å². The summed E-state index contributed by atoms with van der Waals surface area (Å²) >= 11 is 5.74. The summed E-state index contributed by atoms with van der Waals surface area (Å²) in [7, 11) is -3.39. The number of rotatable bonds is 6. The molecule has 1 aliphatic rings. The molecule has 1 aliphatic heterocycles. The quantitative estimate of drug-likeness (QED) is 0.788. The third-order valence-electron chi connectivity index (χ3n) is 4.08. The molecule has 0 atom stereocenters. The van der Waals surface area contributed by atoms with Gasteiger partial charge in [0, 0.05) is 25.5 Å². The molecule has 1 heterocycles. The fourth-order valence-electron chi connectivity index (χ4n) is 2.43. The van der Waals surface area contributed by atoms with Crippen molar-refractivity contribution in [1.29, 1.82) is 0 Å². The summed E-state index contributed by atoms with van der Waals surface area (Å²) in [6.07, 6.45) is 0.723.